The number of benzene rings is 2. The summed E-state index contributed by atoms with van der Waals surface area (Å²) in [6.45, 7) is 5.94. The third-order valence-corrected chi connectivity index (χ3v) is 4.10. The van der Waals surface area contributed by atoms with Crippen LogP contribution in [0.4, 0.5) is 0 Å². The topological polar surface area (TPSA) is 44.8 Å². The standard InChI is InChI=1S/C20H24O4/c1-6-24-20(21)13(2)11-12-15-14(3)18(22-4)16-9-7-8-10-17(16)19(15)23-5/h7-11H,6,12H2,1-5H3/b13-11+. The van der Waals surface area contributed by atoms with Crippen molar-refractivity contribution in [2.75, 3.05) is 20.8 Å². The average Bonchev–Trinajstić information content (AvgIpc) is 2.59. The first-order valence-electron chi connectivity index (χ1n) is 8.01. The first-order valence-corrected chi connectivity index (χ1v) is 8.01. The Labute approximate surface area is 143 Å². The molecule has 0 atom stereocenters. The van der Waals surface area contributed by atoms with Crippen LogP contribution >= 0.6 is 0 Å². The molecule has 0 heterocycles. The predicted molar refractivity (Wildman–Crippen MR) is 95.9 cm³/mol. The monoisotopic (exact) mass is 328 g/mol. The molecule has 0 bridgehead atoms. The van der Waals surface area contributed by atoms with Crippen LogP contribution in [0, 0.1) is 6.92 Å². The number of allylic oxidation sites excluding steroid dienone is 1. The quantitative estimate of drug-likeness (QED) is 0.588. The summed E-state index contributed by atoms with van der Waals surface area (Å²) >= 11 is 0. The number of ether oxygens (including phenoxy) is 3. The second kappa shape index (κ2) is 7.86. The lowest BCUT2D eigenvalue weighted by Gasteiger charge is -2.18. The van der Waals surface area contributed by atoms with E-state index in [1.54, 1.807) is 28.1 Å². The number of esters is 1. The number of hydrogen-bond acceptors (Lipinski definition) is 4. The number of methoxy groups -OCH3 is 2. The van der Waals surface area contributed by atoms with Gasteiger partial charge in [0.05, 0.1) is 20.8 Å². The van der Waals surface area contributed by atoms with Gasteiger partial charge in [0.2, 0.25) is 0 Å². The van der Waals surface area contributed by atoms with Crippen molar-refractivity contribution >= 4 is 16.7 Å². The summed E-state index contributed by atoms with van der Waals surface area (Å²) in [4.78, 5) is 11.8. The van der Waals surface area contributed by atoms with Crippen molar-refractivity contribution < 1.29 is 19.0 Å². The number of hydrogen-bond donors (Lipinski definition) is 0. The zero-order chi connectivity index (χ0) is 17.7. The average molecular weight is 328 g/mol. The van der Waals surface area contributed by atoms with E-state index in [0.717, 1.165) is 33.4 Å². The van der Waals surface area contributed by atoms with Gasteiger partial charge in [0.25, 0.3) is 0 Å². The van der Waals surface area contributed by atoms with Crippen LogP contribution in [0.25, 0.3) is 10.8 Å². The molecule has 24 heavy (non-hydrogen) atoms. The number of rotatable bonds is 6. The normalized spacial score (nSPS) is 11.5. The van der Waals surface area contributed by atoms with Crippen molar-refractivity contribution in [3.8, 4) is 11.5 Å². The van der Waals surface area contributed by atoms with E-state index in [1.807, 2.05) is 37.3 Å². The summed E-state index contributed by atoms with van der Waals surface area (Å²) in [5.74, 6) is 1.36. The van der Waals surface area contributed by atoms with Crippen LogP contribution in [0.15, 0.2) is 35.9 Å². The lowest BCUT2D eigenvalue weighted by atomic mass is 9.96. The smallest absolute Gasteiger partial charge is 0.333 e. The summed E-state index contributed by atoms with van der Waals surface area (Å²) in [7, 11) is 3.34. The van der Waals surface area contributed by atoms with Crippen LogP contribution in [-0.4, -0.2) is 26.8 Å². The first-order chi connectivity index (χ1) is 11.5. The molecule has 2 aromatic carbocycles. The van der Waals surface area contributed by atoms with Crippen LogP contribution in [0.2, 0.25) is 0 Å². The van der Waals surface area contributed by atoms with Crippen LogP contribution in [0.3, 0.4) is 0 Å². The van der Waals surface area contributed by atoms with Gasteiger partial charge in [-0.3, -0.25) is 0 Å². The Balaban J connectivity index is 2.55. The van der Waals surface area contributed by atoms with E-state index in [1.165, 1.54) is 0 Å². The summed E-state index contributed by atoms with van der Waals surface area (Å²) in [5.41, 5.74) is 2.61. The molecule has 128 valence electrons. The summed E-state index contributed by atoms with van der Waals surface area (Å²) in [6, 6.07) is 7.99. The molecule has 0 aliphatic heterocycles. The minimum atomic E-state index is -0.290. The molecule has 0 saturated carbocycles. The molecular formula is C20H24O4. The Bertz CT molecular complexity index is 775. The molecule has 0 fully saturated rings. The van der Waals surface area contributed by atoms with Crippen molar-refractivity contribution in [1.29, 1.82) is 0 Å². The van der Waals surface area contributed by atoms with E-state index in [-0.39, 0.29) is 5.97 Å². The van der Waals surface area contributed by atoms with Gasteiger partial charge < -0.3 is 14.2 Å². The molecule has 0 saturated heterocycles. The van der Waals surface area contributed by atoms with E-state index in [2.05, 4.69) is 0 Å². The maximum atomic E-state index is 11.8. The maximum Gasteiger partial charge on any atom is 0.333 e. The van der Waals surface area contributed by atoms with Gasteiger partial charge in [-0.1, -0.05) is 30.3 Å². The molecule has 0 radical (unpaired) electrons. The Morgan fingerprint density at radius 3 is 2.21 bits per heavy atom. The van der Waals surface area contributed by atoms with E-state index in [0.29, 0.717) is 18.6 Å². The molecule has 4 heteroatoms. The molecule has 2 rings (SSSR count). The summed E-state index contributed by atoms with van der Waals surface area (Å²) in [5, 5.41) is 2.02. The van der Waals surface area contributed by atoms with Gasteiger partial charge in [-0.05, 0) is 32.8 Å². The SMILES string of the molecule is CCOC(=O)/C(C)=C/Cc1c(C)c(OC)c2ccccc2c1OC. The van der Waals surface area contributed by atoms with Crippen molar-refractivity contribution in [2.45, 2.75) is 27.2 Å². The van der Waals surface area contributed by atoms with Crippen molar-refractivity contribution in [3.05, 3.63) is 47.0 Å². The van der Waals surface area contributed by atoms with Crippen LogP contribution in [0.1, 0.15) is 25.0 Å². The van der Waals surface area contributed by atoms with Crippen molar-refractivity contribution in [3.63, 3.8) is 0 Å². The zero-order valence-corrected chi connectivity index (χ0v) is 14.9. The Hall–Kier alpha value is -2.49. The van der Waals surface area contributed by atoms with Gasteiger partial charge in [0.15, 0.2) is 0 Å². The van der Waals surface area contributed by atoms with Gasteiger partial charge >= 0.3 is 5.97 Å². The van der Waals surface area contributed by atoms with Crippen molar-refractivity contribution in [2.24, 2.45) is 0 Å². The van der Waals surface area contributed by atoms with E-state index >= 15 is 0 Å². The highest BCUT2D eigenvalue weighted by atomic mass is 16.5. The second-order valence-corrected chi connectivity index (χ2v) is 5.53. The summed E-state index contributed by atoms with van der Waals surface area (Å²) < 4.78 is 16.3. The minimum Gasteiger partial charge on any atom is -0.496 e. The number of carbonyl (C=O) groups is 1. The zero-order valence-electron chi connectivity index (χ0n) is 14.9. The molecule has 0 N–H and O–H groups in total. The molecule has 0 aliphatic rings. The molecule has 2 aromatic rings. The highest BCUT2D eigenvalue weighted by molar-refractivity contribution is 5.96. The molecule has 0 spiro atoms. The van der Waals surface area contributed by atoms with Gasteiger partial charge in [0.1, 0.15) is 11.5 Å². The van der Waals surface area contributed by atoms with Crippen molar-refractivity contribution in [1.82, 2.24) is 0 Å². The molecule has 0 unspecified atom stereocenters. The first kappa shape index (κ1) is 17.9. The molecule has 4 nitrogen and oxygen atoms in total. The number of fused-ring (bicyclic) bond motifs is 1. The highest BCUT2D eigenvalue weighted by Gasteiger charge is 2.17. The van der Waals surface area contributed by atoms with E-state index in [4.69, 9.17) is 14.2 Å². The lowest BCUT2D eigenvalue weighted by Crippen LogP contribution is -2.06. The summed E-state index contributed by atoms with van der Waals surface area (Å²) in [6.07, 6.45) is 2.44. The molecule has 0 aromatic heterocycles. The van der Waals surface area contributed by atoms with Crippen LogP contribution in [0.5, 0.6) is 11.5 Å². The van der Waals surface area contributed by atoms with Crippen LogP contribution < -0.4 is 9.47 Å². The van der Waals surface area contributed by atoms with Gasteiger partial charge in [-0.25, -0.2) is 4.79 Å². The van der Waals surface area contributed by atoms with Gasteiger partial charge in [-0.15, -0.1) is 0 Å². The predicted octanol–water partition coefficient (Wildman–Crippen LogP) is 4.22. The fraction of sp³-hybridized carbons (Fsp3) is 0.350. The Kier molecular flexibility index (Phi) is 5.85. The fourth-order valence-electron chi connectivity index (χ4n) is 2.88. The van der Waals surface area contributed by atoms with E-state index in [9.17, 15) is 4.79 Å². The highest BCUT2D eigenvalue weighted by Crippen LogP contribution is 2.40. The fourth-order valence-corrected chi connectivity index (χ4v) is 2.88. The lowest BCUT2D eigenvalue weighted by molar-refractivity contribution is -0.138. The van der Waals surface area contributed by atoms with Gasteiger partial charge in [0, 0.05) is 21.9 Å². The third-order valence-electron chi connectivity index (χ3n) is 4.10. The third kappa shape index (κ3) is 3.37. The van der Waals surface area contributed by atoms with E-state index < -0.39 is 0 Å². The van der Waals surface area contributed by atoms with Gasteiger partial charge in [-0.2, -0.15) is 0 Å². The maximum absolute atomic E-state index is 11.8. The Morgan fingerprint density at radius 2 is 1.67 bits per heavy atom. The largest absolute Gasteiger partial charge is 0.496 e. The minimum absolute atomic E-state index is 0.290. The molecular weight excluding hydrogens is 304 g/mol. The molecule has 0 amide bonds. The number of carbonyl (C=O) groups excluding carboxylic acids is 1. The van der Waals surface area contributed by atoms with Crippen LogP contribution in [-0.2, 0) is 16.0 Å². The molecule has 0 aliphatic carbocycles. The Morgan fingerprint density at radius 1 is 1.08 bits per heavy atom. The second-order valence-electron chi connectivity index (χ2n) is 5.53.